The summed E-state index contributed by atoms with van der Waals surface area (Å²) in [6.07, 6.45) is 8.56. The molecular weight excluding hydrogens is 506 g/mol. The number of carbonyl (C=O) groups is 2. The lowest BCUT2D eigenvalue weighted by molar-refractivity contribution is -0.122. The topological polar surface area (TPSA) is 98.8 Å². The zero-order valence-corrected chi connectivity index (χ0v) is 22.0. The summed E-state index contributed by atoms with van der Waals surface area (Å²) >= 11 is 0. The third-order valence-corrected chi connectivity index (χ3v) is 8.45. The molecule has 39 heavy (non-hydrogen) atoms. The molecule has 3 heterocycles. The van der Waals surface area contributed by atoms with Crippen molar-refractivity contribution in [2.45, 2.75) is 63.6 Å². The van der Waals surface area contributed by atoms with Crippen molar-refractivity contribution in [2.24, 2.45) is 11.8 Å². The fraction of sp³-hybridized carbons (Fsp3) is 0.552. The predicted molar refractivity (Wildman–Crippen MR) is 137 cm³/mol. The van der Waals surface area contributed by atoms with E-state index in [9.17, 15) is 18.4 Å². The van der Waals surface area contributed by atoms with Crippen LogP contribution in [0.4, 0.5) is 13.6 Å². The molecule has 2 amide bonds. The first-order valence-electron chi connectivity index (χ1n) is 13.7. The highest BCUT2D eigenvalue weighted by Crippen LogP contribution is 2.37. The molecule has 1 spiro atoms. The van der Waals surface area contributed by atoms with Crippen LogP contribution in [-0.2, 0) is 22.6 Å². The van der Waals surface area contributed by atoms with Crippen LogP contribution in [0, 0.1) is 34.8 Å². The van der Waals surface area contributed by atoms with Gasteiger partial charge in [-0.25, -0.2) is 13.6 Å². The lowest BCUT2D eigenvalue weighted by Gasteiger charge is -2.37. The Morgan fingerprint density at radius 3 is 2.46 bits per heavy atom. The molecule has 1 saturated carbocycles. The zero-order valence-electron chi connectivity index (χ0n) is 22.0. The Morgan fingerprint density at radius 1 is 1.13 bits per heavy atom. The number of hydrogen-bond donors (Lipinski definition) is 1. The minimum absolute atomic E-state index is 0.0373. The number of nitriles is 1. The molecule has 3 fully saturated rings. The number of amides is 2. The summed E-state index contributed by atoms with van der Waals surface area (Å²) in [5, 5.41) is 11.8. The molecule has 2 aliphatic heterocycles. The van der Waals surface area contributed by atoms with Gasteiger partial charge in [-0.2, -0.15) is 5.26 Å². The van der Waals surface area contributed by atoms with E-state index in [2.05, 4.69) is 5.32 Å². The fourth-order valence-corrected chi connectivity index (χ4v) is 6.11. The zero-order chi connectivity index (χ0) is 27.4. The largest absolute Gasteiger partial charge is 0.472 e. The van der Waals surface area contributed by atoms with Gasteiger partial charge in [0.2, 0.25) is 5.91 Å². The molecule has 2 aromatic rings. The number of nitrogens with zero attached hydrogens (tertiary/aromatic N) is 3. The van der Waals surface area contributed by atoms with Gasteiger partial charge in [-0.05, 0) is 55.7 Å². The van der Waals surface area contributed by atoms with Gasteiger partial charge in [0.1, 0.15) is 17.2 Å². The molecule has 5 rings (SSSR count). The van der Waals surface area contributed by atoms with E-state index >= 15 is 0 Å². The fourth-order valence-electron chi connectivity index (χ4n) is 6.11. The molecule has 0 unspecified atom stereocenters. The Hall–Kier alpha value is -3.45. The smallest absolute Gasteiger partial charge is 0.410 e. The maximum absolute atomic E-state index is 14.3. The second-order valence-corrected chi connectivity index (χ2v) is 11.2. The average Bonchev–Trinajstić information content (AvgIpc) is 3.55. The number of halogens is 2. The quantitative estimate of drug-likeness (QED) is 0.520. The van der Waals surface area contributed by atoms with Crippen LogP contribution in [0.25, 0.3) is 0 Å². The van der Waals surface area contributed by atoms with Crippen LogP contribution in [0.1, 0.15) is 61.6 Å². The number of piperidine rings is 1. The lowest BCUT2D eigenvalue weighted by atomic mass is 9.80. The standard InChI is InChI=1S/C29H34F2N4O4/c30-25-11-23(14-32)12-26(31)24(25)17-34-8-6-29(7-9-34)19-35(28(37)39-29)16-21-3-1-20(2-4-21)13-27(36)33-15-22-5-10-38-18-22/h5,10-12,18,20-21H,1-4,6-9,13,15-17,19H2,(H,33,36). The summed E-state index contributed by atoms with van der Waals surface area (Å²) in [6.45, 7) is 2.91. The van der Waals surface area contributed by atoms with Gasteiger partial charge < -0.3 is 19.4 Å². The molecule has 10 heteroatoms. The Bertz CT molecular complexity index is 1190. The van der Waals surface area contributed by atoms with Crippen molar-refractivity contribution in [1.29, 1.82) is 5.26 Å². The molecule has 1 aliphatic carbocycles. The first kappa shape index (κ1) is 27.1. The molecule has 1 aromatic heterocycles. The highest BCUT2D eigenvalue weighted by atomic mass is 19.1. The molecule has 0 atom stereocenters. The van der Waals surface area contributed by atoms with E-state index in [-0.39, 0.29) is 29.7 Å². The highest BCUT2D eigenvalue weighted by molar-refractivity contribution is 5.76. The van der Waals surface area contributed by atoms with E-state index in [1.807, 2.05) is 15.9 Å². The van der Waals surface area contributed by atoms with Gasteiger partial charge in [0.05, 0.1) is 30.7 Å². The van der Waals surface area contributed by atoms with Crippen LogP contribution in [0.3, 0.4) is 0 Å². The third kappa shape index (κ3) is 6.59. The van der Waals surface area contributed by atoms with Gasteiger partial charge in [0.15, 0.2) is 0 Å². The SMILES string of the molecule is N#Cc1cc(F)c(CN2CCC3(CC2)CN(CC2CCC(CC(=O)NCc4ccoc4)CC2)C(=O)O3)c(F)c1. The summed E-state index contributed by atoms with van der Waals surface area (Å²) in [5.41, 5.74) is 0.312. The van der Waals surface area contributed by atoms with Crippen molar-refractivity contribution in [3.63, 3.8) is 0 Å². The highest BCUT2D eigenvalue weighted by Gasteiger charge is 2.47. The van der Waals surface area contributed by atoms with Crippen molar-refractivity contribution < 1.29 is 27.5 Å². The van der Waals surface area contributed by atoms with Crippen LogP contribution >= 0.6 is 0 Å². The van der Waals surface area contributed by atoms with E-state index < -0.39 is 17.2 Å². The summed E-state index contributed by atoms with van der Waals surface area (Å²) in [4.78, 5) is 28.8. The molecular formula is C29H34F2N4O4. The molecule has 0 bridgehead atoms. The Balaban J connectivity index is 1.04. The molecule has 3 aliphatic rings. The van der Waals surface area contributed by atoms with Crippen molar-refractivity contribution >= 4 is 12.0 Å². The summed E-state index contributed by atoms with van der Waals surface area (Å²) in [7, 11) is 0. The van der Waals surface area contributed by atoms with Crippen LogP contribution in [0.2, 0.25) is 0 Å². The number of benzene rings is 1. The van der Waals surface area contributed by atoms with Crippen LogP contribution in [0.5, 0.6) is 0 Å². The molecule has 2 saturated heterocycles. The van der Waals surface area contributed by atoms with E-state index in [1.165, 1.54) is 0 Å². The normalized spacial score (nSPS) is 23.0. The van der Waals surface area contributed by atoms with Crippen LogP contribution in [-0.4, -0.2) is 53.6 Å². The summed E-state index contributed by atoms with van der Waals surface area (Å²) < 4.78 is 39.6. The number of furan rings is 1. The Morgan fingerprint density at radius 2 is 1.82 bits per heavy atom. The van der Waals surface area contributed by atoms with Crippen molar-refractivity contribution in [3.8, 4) is 6.07 Å². The van der Waals surface area contributed by atoms with Crippen LogP contribution in [0.15, 0.2) is 35.1 Å². The number of carbonyl (C=O) groups excluding carboxylic acids is 2. The monoisotopic (exact) mass is 540 g/mol. The second kappa shape index (κ2) is 11.7. The van der Waals surface area contributed by atoms with Crippen molar-refractivity contribution in [1.82, 2.24) is 15.1 Å². The maximum Gasteiger partial charge on any atom is 0.410 e. The molecule has 0 radical (unpaired) electrons. The first-order valence-corrected chi connectivity index (χ1v) is 13.7. The number of ether oxygens (including phenoxy) is 1. The van der Waals surface area contributed by atoms with Crippen molar-refractivity contribution in [3.05, 3.63) is 59.1 Å². The Labute approximate surface area is 226 Å². The number of likely N-dealkylation sites (tertiary alicyclic amines) is 1. The van der Waals surface area contributed by atoms with Gasteiger partial charge >= 0.3 is 6.09 Å². The lowest BCUT2D eigenvalue weighted by Crippen LogP contribution is -2.47. The minimum Gasteiger partial charge on any atom is -0.472 e. The third-order valence-electron chi connectivity index (χ3n) is 8.45. The van der Waals surface area contributed by atoms with Crippen LogP contribution < -0.4 is 5.32 Å². The Kier molecular flexibility index (Phi) is 8.17. The van der Waals surface area contributed by atoms with E-state index in [0.29, 0.717) is 63.8 Å². The van der Waals surface area contributed by atoms with Crippen molar-refractivity contribution in [2.75, 3.05) is 26.2 Å². The molecule has 1 aromatic carbocycles. The number of rotatable bonds is 8. The maximum atomic E-state index is 14.3. The molecule has 208 valence electrons. The van der Waals surface area contributed by atoms with Gasteiger partial charge in [-0.3, -0.25) is 9.69 Å². The van der Waals surface area contributed by atoms with E-state index in [4.69, 9.17) is 14.4 Å². The minimum atomic E-state index is -0.713. The number of nitrogens with one attached hydrogen (secondary N) is 1. The number of hydrogen-bond acceptors (Lipinski definition) is 6. The van der Waals surface area contributed by atoms with E-state index in [0.717, 1.165) is 43.4 Å². The first-order chi connectivity index (χ1) is 18.8. The van der Waals surface area contributed by atoms with Gasteiger partial charge in [0.25, 0.3) is 0 Å². The molecule has 8 nitrogen and oxygen atoms in total. The summed E-state index contributed by atoms with van der Waals surface area (Å²) in [5.74, 6) is -0.622. The van der Waals surface area contributed by atoms with Gasteiger partial charge in [-0.1, -0.05) is 0 Å². The molecule has 1 N–H and O–H groups in total. The predicted octanol–water partition coefficient (Wildman–Crippen LogP) is 4.73. The average molecular weight is 541 g/mol. The van der Waals surface area contributed by atoms with E-state index in [1.54, 1.807) is 18.6 Å². The summed E-state index contributed by atoms with van der Waals surface area (Å²) in [6, 6.07) is 5.72. The van der Waals surface area contributed by atoms with Gasteiger partial charge in [0, 0.05) is 63.1 Å². The van der Waals surface area contributed by atoms with Gasteiger partial charge in [-0.15, -0.1) is 0 Å². The second-order valence-electron chi connectivity index (χ2n) is 11.2.